The summed E-state index contributed by atoms with van der Waals surface area (Å²) in [5, 5.41) is 2.34. The Bertz CT molecular complexity index is 357. The Labute approximate surface area is 85.9 Å². The summed E-state index contributed by atoms with van der Waals surface area (Å²) in [5.41, 5.74) is -5.36. The molecule has 0 aromatic rings. The first-order valence-electron chi connectivity index (χ1n) is 4.02. The summed E-state index contributed by atoms with van der Waals surface area (Å²) in [6, 6.07) is 0. The zero-order valence-electron chi connectivity index (χ0n) is 8.17. The van der Waals surface area contributed by atoms with Crippen molar-refractivity contribution in [3.63, 3.8) is 0 Å². The van der Waals surface area contributed by atoms with Crippen LogP contribution >= 0.6 is 0 Å². The predicted molar refractivity (Wildman–Crippen MR) is 50.7 cm³/mol. The molecule has 1 N–H and O–H groups in total. The number of halogens is 3. The van der Waals surface area contributed by atoms with E-state index < -0.39 is 15.5 Å². The molecule has 88 valence electrons. The highest BCUT2D eigenvalue weighted by molar-refractivity contribution is 7.91. The fourth-order valence-electron chi connectivity index (χ4n) is 0.569. The van der Waals surface area contributed by atoms with E-state index in [9.17, 15) is 21.6 Å². The standard InChI is InChI=1S/C7H11F3N2O2S/c1-3-5-11-6(4-2)12-15(13,14)7(8,9)10/h3,5H,4H2,1-2H3,(H,11,12)/b5-3-. The van der Waals surface area contributed by atoms with Crippen molar-refractivity contribution in [3.05, 3.63) is 12.3 Å². The quantitative estimate of drug-likeness (QED) is 0.608. The molecule has 0 saturated carbocycles. The molecule has 0 aromatic heterocycles. The molecule has 0 amide bonds. The first kappa shape index (κ1) is 13.9. The van der Waals surface area contributed by atoms with Crippen molar-refractivity contribution in [2.75, 3.05) is 0 Å². The van der Waals surface area contributed by atoms with Crippen LogP contribution in [-0.4, -0.2) is 19.8 Å². The Morgan fingerprint density at radius 1 is 1.47 bits per heavy atom. The Morgan fingerprint density at radius 2 is 2.00 bits per heavy atom. The van der Waals surface area contributed by atoms with Crippen molar-refractivity contribution < 1.29 is 21.6 Å². The Balaban J connectivity index is 5.00. The number of sulfonamides is 1. The second-order valence-corrected chi connectivity index (χ2v) is 4.05. The third kappa shape index (κ3) is 4.32. The molecule has 0 unspecified atom stereocenters. The van der Waals surface area contributed by atoms with Gasteiger partial charge in [-0.2, -0.15) is 21.6 Å². The highest BCUT2D eigenvalue weighted by Crippen LogP contribution is 2.24. The summed E-state index contributed by atoms with van der Waals surface area (Å²) in [6.07, 6.45) is 2.86. The smallest absolute Gasteiger partial charge is 0.350 e. The lowest BCUT2D eigenvalue weighted by Gasteiger charge is -2.06. The number of amidine groups is 1. The average molecular weight is 244 g/mol. The number of hydrogen-bond acceptors (Lipinski definition) is 2. The second-order valence-electron chi connectivity index (χ2n) is 2.46. The first-order valence-corrected chi connectivity index (χ1v) is 5.46. The Morgan fingerprint density at radius 3 is 2.33 bits per heavy atom. The highest BCUT2D eigenvalue weighted by atomic mass is 32.2. The zero-order valence-corrected chi connectivity index (χ0v) is 8.98. The summed E-state index contributed by atoms with van der Waals surface area (Å²) in [6.45, 7) is 3.11. The molecule has 0 aliphatic rings. The van der Waals surface area contributed by atoms with E-state index in [4.69, 9.17) is 0 Å². The van der Waals surface area contributed by atoms with Crippen LogP contribution in [0.5, 0.6) is 0 Å². The second kappa shape index (κ2) is 5.15. The van der Waals surface area contributed by atoms with E-state index in [-0.39, 0.29) is 12.3 Å². The van der Waals surface area contributed by atoms with Crippen molar-refractivity contribution in [1.82, 2.24) is 5.32 Å². The molecule has 0 rings (SSSR count). The molecule has 0 heterocycles. The van der Waals surface area contributed by atoms with E-state index in [1.165, 1.54) is 19.2 Å². The first-order chi connectivity index (χ1) is 6.74. The van der Waals surface area contributed by atoms with Crippen molar-refractivity contribution in [2.45, 2.75) is 25.8 Å². The van der Waals surface area contributed by atoms with Crippen LogP contribution in [0, 0.1) is 0 Å². The maximum Gasteiger partial charge on any atom is 0.518 e. The Kier molecular flexibility index (Phi) is 4.79. The monoisotopic (exact) mass is 244 g/mol. The zero-order chi connectivity index (χ0) is 12.1. The van der Waals surface area contributed by atoms with Gasteiger partial charge in [0.25, 0.3) is 0 Å². The molecule has 4 nitrogen and oxygen atoms in total. The van der Waals surface area contributed by atoms with Crippen molar-refractivity contribution in [3.8, 4) is 0 Å². The average Bonchev–Trinajstić information content (AvgIpc) is 2.10. The van der Waals surface area contributed by atoms with E-state index in [0.29, 0.717) is 0 Å². The van der Waals surface area contributed by atoms with E-state index in [0.717, 1.165) is 0 Å². The molecule has 0 aromatic carbocycles. The van der Waals surface area contributed by atoms with Gasteiger partial charge >= 0.3 is 15.5 Å². The van der Waals surface area contributed by atoms with Crippen LogP contribution in [0.1, 0.15) is 20.3 Å². The fourth-order valence-corrected chi connectivity index (χ4v) is 1.14. The van der Waals surface area contributed by atoms with Gasteiger partial charge in [-0.1, -0.05) is 13.0 Å². The molecule has 8 heteroatoms. The number of alkyl halides is 3. The molecule has 0 radical (unpaired) electrons. The maximum absolute atomic E-state index is 11.9. The Hall–Kier alpha value is -1.05. The van der Waals surface area contributed by atoms with Crippen LogP contribution in [0.2, 0.25) is 0 Å². The lowest BCUT2D eigenvalue weighted by atomic mass is 10.4. The molecule has 0 fully saturated rings. The van der Waals surface area contributed by atoms with Crippen LogP contribution < -0.4 is 5.32 Å². The van der Waals surface area contributed by atoms with Crippen LogP contribution in [0.3, 0.4) is 0 Å². The topological polar surface area (TPSA) is 58.5 Å². The molecule has 0 bridgehead atoms. The molecule has 0 aliphatic heterocycles. The van der Waals surface area contributed by atoms with Gasteiger partial charge in [-0.3, -0.25) is 0 Å². The number of hydrogen-bond donors (Lipinski definition) is 1. The van der Waals surface area contributed by atoms with E-state index in [1.54, 1.807) is 6.92 Å². The third-order valence-corrected chi connectivity index (χ3v) is 2.32. The van der Waals surface area contributed by atoms with Crippen LogP contribution in [-0.2, 0) is 10.0 Å². The SMILES string of the molecule is C/C=C\NC(CC)=NS(=O)(=O)C(F)(F)F. The van der Waals surface area contributed by atoms with E-state index in [1.807, 2.05) is 0 Å². The number of rotatable bonds is 3. The lowest BCUT2D eigenvalue weighted by Crippen LogP contribution is -2.25. The van der Waals surface area contributed by atoms with Gasteiger partial charge in [-0.25, -0.2) is 0 Å². The summed E-state index contributed by atoms with van der Waals surface area (Å²) >= 11 is 0. The van der Waals surface area contributed by atoms with Crippen molar-refractivity contribution in [2.24, 2.45) is 4.40 Å². The number of nitrogens with zero attached hydrogens (tertiary/aromatic N) is 1. The third-order valence-electron chi connectivity index (χ3n) is 1.27. The minimum absolute atomic E-state index is 0.0552. The van der Waals surface area contributed by atoms with Crippen LogP contribution in [0.25, 0.3) is 0 Å². The largest absolute Gasteiger partial charge is 0.518 e. The highest BCUT2D eigenvalue weighted by Gasteiger charge is 2.46. The van der Waals surface area contributed by atoms with Gasteiger partial charge in [0.1, 0.15) is 5.84 Å². The van der Waals surface area contributed by atoms with Gasteiger partial charge in [0.15, 0.2) is 0 Å². The van der Waals surface area contributed by atoms with Crippen molar-refractivity contribution >= 4 is 15.9 Å². The lowest BCUT2D eigenvalue weighted by molar-refractivity contribution is -0.0435. The van der Waals surface area contributed by atoms with Gasteiger partial charge in [-0.05, 0) is 13.1 Å². The minimum atomic E-state index is -5.45. The number of allylic oxidation sites excluding steroid dienone is 1. The minimum Gasteiger partial charge on any atom is -0.350 e. The molecule has 15 heavy (non-hydrogen) atoms. The molecule has 0 spiro atoms. The molecular weight excluding hydrogens is 233 g/mol. The number of nitrogens with one attached hydrogen (secondary N) is 1. The molecular formula is C7H11F3N2O2S. The van der Waals surface area contributed by atoms with Gasteiger partial charge < -0.3 is 5.32 Å². The molecule has 0 atom stereocenters. The summed E-state index contributed by atoms with van der Waals surface area (Å²) < 4.78 is 59.6. The molecule has 0 saturated heterocycles. The predicted octanol–water partition coefficient (Wildman–Crippen LogP) is 1.77. The van der Waals surface area contributed by atoms with Crippen molar-refractivity contribution in [1.29, 1.82) is 0 Å². The normalized spacial score (nSPS) is 14.6. The van der Waals surface area contributed by atoms with Crippen LogP contribution in [0.4, 0.5) is 13.2 Å². The molecule has 0 aliphatic carbocycles. The summed E-state index contributed by atoms with van der Waals surface area (Å²) in [5.74, 6) is -0.259. The maximum atomic E-state index is 11.9. The summed E-state index contributed by atoms with van der Waals surface area (Å²) in [4.78, 5) is 0. The van der Waals surface area contributed by atoms with Gasteiger partial charge in [0.2, 0.25) is 0 Å². The van der Waals surface area contributed by atoms with Gasteiger partial charge in [-0.15, -0.1) is 4.40 Å². The fraction of sp³-hybridized carbons (Fsp3) is 0.571. The van der Waals surface area contributed by atoms with Crippen LogP contribution in [0.15, 0.2) is 16.7 Å². The summed E-state index contributed by atoms with van der Waals surface area (Å²) in [7, 11) is -5.45. The van der Waals surface area contributed by atoms with E-state index >= 15 is 0 Å². The van der Waals surface area contributed by atoms with Gasteiger partial charge in [0.05, 0.1) is 0 Å². The van der Waals surface area contributed by atoms with Gasteiger partial charge in [0, 0.05) is 6.42 Å². The van der Waals surface area contributed by atoms with E-state index in [2.05, 4.69) is 9.71 Å².